The summed E-state index contributed by atoms with van der Waals surface area (Å²) in [6.45, 7) is 5.38. The van der Waals surface area contributed by atoms with Crippen LogP contribution >= 0.6 is 11.3 Å². The summed E-state index contributed by atoms with van der Waals surface area (Å²) in [6, 6.07) is 4.86. The smallest absolute Gasteiger partial charge is 0.416 e. The van der Waals surface area contributed by atoms with Gasteiger partial charge in [-0.25, -0.2) is 9.67 Å². The zero-order valence-corrected chi connectivity index (χ0v) is 18.4. The molecule has 170 valence electrons. The topological polar surface area (TPSA) is 86.1 Å². The number of amides is 1. The maximum Gasteiger partial charge on any atom is 0.416 e. The van der Waals surface area contributed by atoms with Crippen LogP contribution in [0.5, 0.6) is 0 Å². The largest absolute Gasteiger partial charge is 0.466 e. The Morgan fingerprint density at radius 2 is 1.97 bits per heavy atom. The fraction of sp³-hybridized carbons (Fsp3) is 0.333. The minimum absolute atomic E-state index is 0.0161. The van der Waals surface area contributed by atoms with Gasteiger partial charge in [0.15, 0.2) is 5.13 Å². The van der Waals surface area contributed by atoms with Gasteiger partial charge >= 0.3 is 12.1 Å². The van der Waals surface area contributed by atoms with Crippen LogP contribution in [0.2, 0.25) is 0 Å². The molecule has 0 fully saturated rings. The van der Waals surface area contributed by atoms with Crippen LogP contribution in [0, 0.1) is 13.8 Å². The monoisotopic (exact) mass is 466 g/mol. The van der Waals surface area contributed by atoms with Gasteiger partial charge in [0.05, 0.1) is 42.1 Å². The average molecular weight is 466 g/mol. The number of nitrogens with one attached hydrogen (secondary N) is 1. The van der Waals surface area contributed by atoms with E-state index < -0.39 is 17.7 Å². The number of rotatable bonds is 7. The van der Waals surface area contributed by atoms with Crippen molar-refractivity contribution in [3.63, 3.8) is 0 Å². The first-order valence-corrected chi connectivity index (χ1v) is 10.6. The number of esters is 1. The quantitative estimate of drug-likeness (QED) is 0.526. The van der Waals surface area contributed by atoms with Crippen molar-refractivity contribution < 1.29 is 27.5 Å². The van der Waals surface area contributed by atoms with Crippen molar-refractivity contribution in [1.82, 2.24) is 14.8 Å². The molecule has 0 bridgehead atoms. The minimum atomic E-state index is -4.46. The number of thiazole rings is 1. The van der Waals surface area contributed by atoms with Gasteiger partial charge in [0, 0.05) is 16.6 Å². The molecule has 1 N–H and O–H groups in total. The van der Waals surface area contributed by atoms with Crippen molar-refractivity contribution in [2.75, 3.05) is 11.9 Å². The Hall–Kier alpha value is -3.21. The van der Waals surface area contributed by atoms with Gasteiger partial charge in [-0.1, -0.05) is 6.07 Å². The van der Waals surface area contributed by atoms with Gasteiger partial charge < -0.3 is 10.1 Å². The zero-order chi connectivity index (χ0) is 23.5. The van der Waals surface area contributed by atoms with Crippen LogP contribution in [0.25, 0.3) is 5.69 Å². The summed E-state index contributed by atoms with van der Waals surface area (Å²) in [6.07, 6.45) is -4.47. The fourth-order valence-electron chi connectivity index (χ4n) is 3.13. The number of halogens is 3. The number of hydrogen-bond donors (Lipinski definition) is 1. The zero-order valence-electron chi connectivity index (χ0n) is 17.6. The van der Waals surface area contributed by atoms with Crippen molar-refractivity contribution in [1.29, 1.82) is 0 Å². The first-order valence-electron chi connectivity index (χ1n) is 9.71. The highest BCUT2D eigenvalue weighted by molar-refractivity contribution is 7.13. The summed E-state index contributed by atoms with van der Waals surface area (Å²) in [7, 11) is 0. The molecule has 0 spiro atoms. The molecule has 11 heteroatoms. The number of carbonyl (C=O) groups excluding carboxylic acids is 2. The summed E-state index contributed by atoms with van der Waals surface area (Å²) < 4.78 is 45.4. The predicted octanol–water partition coefficient (Wildman–Crippen LogP) is 4.25. The number of aromatic nitrogens is 3. The SMILES string of the molecule is CCOC(=O)Cc1csc(NC(=O)Cc2c(C)nn(-c3cccc(C(F)(F)F)c3)c2C)n1. The van der Waals surface area contributed by atoms with Crippen molar-refractivity contribution in [3.05, 3.63) is 57.9 Å². The second-order valence-electron chi connectivity index (χ2n) is 6.96. The van der Waals surface area contributed by atoms with E-state index in [9.17, 15) is 22.8 Å². The molecular formula is C21H21F3N4O3S. The van der Waals surface area contributed by atoms with Gasteiger partial charge in [0.2, 0.25) is 5.91 Å². The number of benzene rings is 1. The number of nitrogens with zero attached hydrogens (tertiary/aromatic N) is 3. The number of alkyl halides is 3. The highest BCUT2D eigenvalue weighted by Gasteiger charge is 2.30. The van der Waals surface area contributed by atoms with E-state index in [1.807, 2.05) is 0 Å². The second-order valence-corrected chi connectivity index (χ2v) is 7.82. The Morgan fingerprint density at radius 1 is 1.22 bits per heavy atom. The Balaban J connectivity index is 1.73. The first kappa shape index (κ1) is 23.5. The summed E-state index contributed by atoms with van der Waals surface area (Å²) in [5.74, 6) is -0.749. The van der Waals surface area contributed by atoms with E-state index in [0.29, 0.717) is 27.8 Å². The molecule has 2 aromatic heterocycles. The third-order valence-electron chi connectivity index (χ3n) is 4.63. The molecular weight excluding hydrogens is 445 g/mol. The van der Waals surface area contributed by atoms with Crippen LogP contribution in [0.3, 0.4) is 0 Å². The lowest BCUT2D eigenvalue weighted by atomic mass is 10.1. The van der Waals surface area contributed by atoms with E-state index in [-0.39, 0.29) is 31.0 Å². The first-order chi connectivity index (χ1) is 15.1. The van der Waals surface area contributed by atoms with Crippen molar-refractivity contribution in [2.24, 2.45) is 0 Å². The van der Waals surface area contributed by atoms with Crippen molar-refractivity contribution >= 4 is 28.3 Å². The van der Waals surface area contributed by atoms with Gasteiger partial charge in [0.1, 0.15) is 0 Å². The van der Waals surface area contributed by atoms with Gasteiger partial charge in [-0.2, -0.15) is 18.3 Å². The molecule has 32 heavy (non-hydrogen) atoms. The molecule has 0 saturated carbocycles. The lowest BCUT2D eigenvalue weighted by Crippen LogP contribution is -2.15. The van der Waals surface area contributed by atoms with E-state index in [1.54, 1.807) is 26.2 Å². The maximum atomic E-state index is 13.0. The van der Waals surface area contributed by atoms with Gasteiger partial charge in [-0.05, 0) is 39.0 Å². The minimum Gasteiger partial charge on any atom is -0.466 e. The molecule has 0 unspecified atom stereocenters. The highest BCUT2D eigenvalue weighted by atomic mass is 32.1. The maximum absolute atomic E-state index is 13.0. The normalized spacial score (nSPS) is 11.4. The van der Waals surface area contributed by atoms with Crippen molar-refractivity contribution in [3.8, 4) is 5.69 Å². The van der Waals surface area contributed by atoms with Crippen LogP contribution < -0.4 is 5.32 Å². The van der Waals surface area contributed by atoms with E-state index in [2.05, 4.69) is 15.4 Å². The summed E-state index contributed by atoms with van der Waals surface area (Å²) >= 11 is 1.18. The van der Waals surface area contributed by atoms with E-state index in [1.165, 1.54) is 28.2 Å². The highest BCUT2D eigenvalue weighted by Crippen LogP contribution is 2.31. The molecule has 3 rings (SSSR count). The number of ether oxygens (including phenoxy) is 1. The molecule has 0 aliphatic carbocycles. The lowest BCUT2D eigenvalue weighted by Gasteiger charge is -2.10. The third kappa shape index (κ3) is 5.52. The van der Waals surface area contributed by atoms with E-state index >= 15 is 0 Å². The van der Waals surface area contributed by atoms with Crippen LogP contribution in [0.4, 0.5) is 18.3 Å². The average Bonchev–Trinajstić information content (AvgIpc) is 3.26. The Kier molecular flexibility index (Phi) is 6.97. The molecule has 1 amide bonds. The van der Waals surface area contributed by atoms with Gasteiger partial charge in [-0.15, -0.1) is 11.3 Å². The predicted molar refractivity (Wildman–Crippen MR) is 113 cm³/mol. The number of aryl methyl sites for hydroxylation is 1. The van der Waals surface area contributed by atoms with Crippen LogP contribution in [-0.4, -0.2) is 33.2 Å². The van der Waals surface area contributed by atoms with Crippen molar-refractivity contribution in [2.45, 2.75) is 39.8 Å². The molecule has 0 atom stereocenters. The summed E-state index contributed by atoms with van der Waals surface area (Å²) in [4.78, 5) is 28.3. The lowest BCUT2D eigenvalue weighted by molar-refractivity contribution is -0.142. The van der Waals surface area contributed by atoms with Crippen LogP contribution in [0.15, 0.2) is 29.6 Å². The Morgan fingerprint density at radius 3 is 2.66 bits per heavy atom. The Labute approximate surface area is 186 Å². The van der Waals surface area contributed by atoms with Gasteiger partial charge in [0.25, 0.3) is 0 Å². The molecule has 0 aliphatic rings. The number of carbonyl (C=O) groups is 2. The van der Waals surface area contributed by atoms with Crippen LogP contribution in [0.1, 0.15) is 35.1 Å². The van der Waals surface area contributed by atoms with Gasteiger partial charge in [-0.3, -0.25) is 9.59 Å². The summed E-state index contributed by atoms with van der Waals surface area (Å²) in [5, 5.41) is 9.01. The molecule has 2 heterocycles. The third-order valence-corrected chi connectivity index (χ3v) is 5.43. The van der Waals surface area contributed by atoms with Crippen LogP contribution in [-0.2, 0) is 33.3 Å². The number of hydrogen-bond acceptors (Lipinski definition) is 6. The van der Waals surface area contributed by atoms with E-state index in [4.69, 9.17) is 4.74 Å². The van der Waals surface area contributed by atoms with E-state index in [0.717, 1.165) is 12.1 Å². The number of anilines is 1. The molecule has 3 aromatic rings. The summed E-state index contributed by atoms with van der Waals surface area (Å²) in [5.41, 5.74) is 1.70. The molecule has 7 nitrogen and oxygen atoms in total. The molecule has 1 aromatic carbocycles. The molecule has 0 saturated heterocycles. The standard InChI is InChI=1S/C21H21F3N4O3S/c1-4-31-19(30)9-15-11-32-20(25-15)26-18(29)10-17-12(2)27-28(13(17)3)16-7-5-6-14(8-16)21(22,23)24/h5-8,11H,4,9-10H2,1-3H3,(H,25,26,29). The molecule has 0 radical (unpaired) electrons. The fourth-order valence-corrected chi connectivity index (χ4v) is 3.85. The molecule has 0 aliphatic heterocycles. The second kappa shape index (κ2) is 9.51. The Bertz CT molecular complexity index is 1140.